The Morgan fingerprint density at radius 3 is 2.61 bits per heavy atom. The molecular formula is C12H9N3O3. The molecule has 6 nitrogen and oxygen atoms in total. The second kappa shape index (κ2) is 3.69. The van der Waals surface area contributed by atoms with Gasteiger partial charge in [-0.25, -0.2) is 4.79 Å². The summed E-state index contributed by atoms with van der Waals surface area (Å²) in [7, 11) is 0. The monoisotopic (exact) mass is 243 g/mol. The highest BCUT2D eigenvalue weighted by Gasteiger charge is 2.29. The quantitative estimate of drug-likeness (QED) is 0.751. The fourth-order valence-corrected chi connectivity index (χ4v) is 2.05. The number of aromatic amines is 2. The summed E-state index contributed by atoms with van der Waals surface area (Å²) in [5, 5.41) is 0. The van der Waals surface area contributed by atoms with Crippen LogP contribution in [-0.2, 0) is 6.54 Å². The summed E-state index contributed by atoms with van der Waals surface area (Å²) in [6.45, 7) is 0.337. The lowest BCUT2D eigenvalue weighted by atomic mass is 10.1. The van der Waals surface area contributed by atoms with Gasteiger partial charge in [0.2, 0.25) is 0 Å². The Kier molecular flexibility index (Phi) is 2.16. The minimum absolute atomic E-state index is 0.149. The molecule has 18 heavy (non-hydrogen) atoms. The third kappa shape index (κ3) is 1.46. The van der Waals surface area contributed by atoms with Crippen LogP contribution in [-0.4, -0.2) is 15.9 Å². The predicted molar refractivity (Wildman–Crippen MR) is 64.6 cm³/mol. The van der Waals surface area contributed by atoms with E-state index in [4.69, 9.17) is 0 Å². The van der Waals surface area contributed by atoms with Crippen molar-refractivity contribution in [3.63, 3.8) is 0 Å². The largest absolute Gasteiger partial charge is 0.325 e. The molecule has 3 rings (SSSR count). The van der Waals surface area contributed by atoms with Crippen molar-refractivity contribution in [2.75, 3.05) is 4.90 Å². The van der Waals surface area contributed by atoms with Gasteiger partial charge < -0.3 is 4.98 Å². The zero-order chi connectivity index (χ0) is 12.7. The van der Waals surface area contributed by atoms with Gasteiger partial charge in [0.25, 0.3) is 11.5 Å². The Balaban J connectivity index is 2.09. The lowest BCUT2D eigenvalue weighted by Crippen LogP contribution is -2.32. The minimum atomic E-state index is -0.590. The van der Waals surface area contributed by atoms with E-state index in [1.807, 2.05) is 12.1 Å². The molecule has 6 heteroatoms. The standard InChI is InChI=1S/C12H9N3O3/c16-10-9(5-13-12(18)14-10)15-6-7-3-1-2-4-8(7)11(15)17/h1-5H,6H2,(H2,13,14,16,18). The van der Waals surface area contributed by atoms with Crippen LogP contribution in [0.25, 0.3) is 0 Å². The molecule has 0 saturated heterocycles. The molecule has 0 aliphatic carbocycles. The maximum absolute atomic E-state index is 12.1. The third-order valence-corrected chi connectivity index (χ3v) is 2.91. The van der Waals surface area contributed by atoms with Gasteiger partial charge in [0.15, 0.2) is 0 Å². The van der Waals surface area contributed by atoms with Crippen molar-refractivity contribution in [1.29, 1.82) is 0 Å². The molecule has 1 aromatic carbocycles. The van der Waals surface area contributed by atoms with E-state index in [1.54, 1.807) is 12.1 Å². The predicted octanol–water partition coefficient (Wildman–Crippen LogP) is 0.224. The Morgan fingerprint density at radius 1 is 1.11 bits per heavy atom. The van der Waals surface area contributed by atoms with Crippen LogP contribution in [0.15, 0.2) is 40.1 Å². The van der Waals surface area contributed by atoms with Gasteiger partial charge in [-0.05, 0) is 11.6 Å². The lowest BCUT2D eigenvalue weighted by molar-refractivity contribution is 0.0996. The van der Waals surface area contributed by atoms with Gasteiger partial charge in [-0.1, -0.05) is 18.2 Å². The number of carbonyl (C=O) groups is 1. The van der Waals surface area contributed by atoms with Crippen LogP contribution < -0.4 is 16.1 Å². The van der Waals surface area contributed by atoms with Crippen LogP contribution >= 0.6 is 0 Å². The molecule has 2 aromatic rings. The summed E-state index contributed by atoms with van der Waals surface area (Å²) in [4.78, 5) is 40.5. The van der Waals surface area contributed by atoms with E-state index in [9.17, 15) is 14.4 Å². The van der Waals surface area contributed by atoms with Gasteiger partial charge in [-0.15, -0.1) is 0 Å². The van der Waals surface area contributed by atoms with E-state index in [-0.39, 0.29) is 11.6 Å². The molecule has 2 N–H and O–H groups in total. The van der Waals surface area contributed by atoms with Crippen molar-refractivity contribution in [1.82, 2.24) is 9.97 Å². The summed E-state index contributed by atoms with van der Waals surface area (Å²) in [6.07, 6.45) is 1.25. The highest BCUT2D eigenvalue weighted by Crippen LogP contribution is 2.25. The number of amides is 1. The molecule has 0 spiro atoms. The number of fused-ring (bicyclic) bond motifs is 1. The molecule has 1 aromatic heterocycles. The van der Waals surface area contributed by atoms with E-state index in [2.05, 4.69) is 9.97 Å². The van der Waals surface area contributed by atoms with Crippen molar-refractivity contribution in [2.24, 2.45) is 0 Å². The number of anilines is 1. The molecular weight excluding hydrogens is 234 g/mol. The summed E-state index contributed by atoms with van der Waals surface area (Å²) in [5.74, 6) is -0.233. The molecule has 0 radical (unpaired) electrons. The molecule has 1 aliphatic rings. The van der Waals surface area contributed by atoms with Crippen LogP contribution in [0.5, 0.6) is 0 Å². The third-order valence-electron chi connectivity index (χ3n) is 2.91. The summed E-state index contributed by atoms with van der Waals surface area (Å²) < 4.78 is 0. The highest BCUT2D eigenvalue weighted by atomic mass is 16.2. The van der Waals surface area contributed by atoms with E-state index >= 15 is 0 Å². The van der Waals surface area contributed by atoms with Crippen molar-refractivity contribution in [3.8, 4) is 0 Å². The average molecular weight is 243 g/mol. The van der Waals surface area contributed by atoms with Crippen molar-refractivity contribution in [3.05, 3.63) is 62.4 Å². The molecule has 1 amide bonds. The molecule has 0 bridgehead atoms. The normalized spacial score (nSPS) is 13.8. The van der Waals surface area contributed by atoms with Crippen LogP contribution in [0.2, 0.25) is 0 Å². The maximum atomic E-state index is 12.1. The molecule has 90 valence electrons. The topological polar surface area (TPSA) is 86.0 Å². The number of nitrogens with zero attached hydrogens (tertiary/aromatic N) is 1. The molecule has 1 aliphatic heterocycles. The van der Waals surface area contributed by atoms with E-state index in [0.29, 0.717) is 12.1 Å². The van der Waals surface area contributed by atoms with Gasteiger partial charge in [0, 0.05) is 11.8 Å². The first-order valence-corrected chi connectivity index (χ1v) is 5.38. The molecule has 2 heterocycles. The van der Waals surface area contributed by atoms with Crippen LogP contribution in [0.1, 0.15) is 15.9 Å². The van der Waals surface area contributed by atoms with Crippen molar-refractivity contribution >= 4 is 11.6 Å². The van der Waals surface area contributed by atoms with Gasteiger partial charge in [-0.2, -0.15) is 0 Å². The Hall–Kier alpha value is -2.63. The smallest absolute Gasteiger partial charge is 0.312 e. The van der Waals surface area contributed by atoms with Gasteiger partial charge in [-0.3, -0.25) is 19.5 Å². The Labute approximate surface area is 101 Å². The average Bonchev–Trinajstić information content (AvgIpc) is 2.68. The molecule has 0 atom stereocenters. The number of hydrogen-bond donors (Lipinski definition) is 2. The number of H-pyrrole nitrogens is 2. The second-order valence-electron chi connectivity index (χ2n) is 4.01. The fraction of sp³-hybridized carbons (Fsp3) is 0.0833. The fourth-order valence-electron chi connectivity index (χ4n) is 2.05. The number of rotatable bonds is 1. The summed E-state index contributed by atoms with van der Waals surface area (Å²) >= 11 is 0. The summed E-state index contributed by atoms with van der Waals surface area (Å²) in [5.41, 5.74) is 0.444. The number of carbonyl (C=O) groups excluding carboxylic acids is 1. The molecule has 0 saturated carbocycles. The lowest BCUT2D eigenvalue weighted by Gasteiger charge is -2.13. The van der Waals surface area contributed by atoms with Crippen LogP contribution in [0.4, 0.5) is 5.69 Å². The second-order valence-corrected chi connectivity index (χ2v) is 4.01. The van der Waals surface area contributed by atoms with E-state index in [0.717, 1.165) is 5.56 Å². The SMILES string of the molecule is O=C1c2ccccc2CN1c1c[nH]c(=O)[nH]c1=O. The number of aromatic nitrogens is 2. The van der Waals surface area contributed by atoms with Crippen molar-refractivity contribution < 1.29 is 4.79 Å². The zero-order valence-corrected chi connectivity index (χ0v) is 9.27. The summed E-state index contributed by atoms with van der Waals surface area (Å²) in [6, 6.07) is 7.18. The number of nitrogens with one attached hydrogen (secondary N) is 2. The zero-order valence-electron chi connectivity index (χ0n) is 9.27. The molecule has 0 unspecified atom stereocenters. The Bertz CT molecular complexity index is 744. The van der Waals surface area contributed by atoms with E-state index in [1.165, 1.54) is 11.1 Å². The highest BCUT2D eigenvalue weighted by molar-refractivity contribution is 6.09. The Morgan fingerprint density at radius 2 is 1.89 bits per heavy atom. The first-order chi connectivity index (χ1) is 8.66. The van der Waals surface area contributed by atoms with E-state index < -0.39 is 11.2 Å². The first-order valence-electron chi connectivity index (χ1n) is 5.38. The van der Waals surface area contributed by atoms with Crippen LogP contribution in [0.3, 0.4) is 0 Å². The van der Waals surface area contributed by atoms with Crippen LogP contribution in [0, 0.1) is 0 Å². The number of benzene rings is 1. The van der Waals surface area contributed by atoms with Gasteiger partial charge in [0.1, 0.15) is 5.69 Å². The van der Waals surface area contributed by atoms with Gasteiger partial charge in [0.05, 0.1) is 6.54 Å². The van der Waals surface area contributed by atoms with Crippen molar-refractivity contribution in [2.45, 2.75) is 6.54 Å². The first kappa shape index (κ1) is 10.5. The van der Waals surface area contributed by atoms with Gasteiger partial charge >= 0.3 is 5.69 Å². The minimum Gasteiger partial charge on any atom is -0.312 e. The maximum Gasteiger partial charge on any atom is 0.325 e. The number of hydrogen-bond acceptors (Lipinski definition) is 3. The molecule has 0 fully saturated rings.